The summed E-state index contributed by atoms with van der Waals surface area (Å²) in [5.41, 5.74) is 1.03. The number of halogens is 1. The lowest BCUT2D eigenvalue weighted by Gasteiger charge is -2.21. The zero-order chi connectivity index (χ0) is 14.5. The molecule has 106 valence electrons. The van der Waals surface area contributed by atoms with E-state index in [1.54, 1.807) is 0 Å². The van der Waals surface area contributed by atoms with E-state index < -0.39 is 0 Å². The molecule has 0 spiro atoms. The van der Waals surface area contributed by atoms with Crippen LogP contribution in [0.1, 0.15) is 33.3 Å². The van der Waals surface area contributed by atoms with Crippen LogP contribution in [0.3, 0.4) is 0 Å². The van der Waals surface area contributed by atoms with Crippen LogP contribution in [0.25, 0.3) is 0 Å². The fourth-order valence-electron chi connectivity index (χ4n) is 1.78. The SMILES string of the molecule is CC(Cc1ccc(Cl)cc1)NCC(=O)NC(C)(C)C. The van der Waals surface area contributed by atoms with E-state index in [4.69, 9.17) is 11.6 Å². The Labute approximate surface area is 120 Å². The first-order valence-corrected chi connectivity index (χ1v) is 6.93. The lowest BCUT2D eigenvalue weighted by molar-refractivity contribution is -0.121. The summed E-state index contributed by atoms with van der Waals surface area (Å²) in [5, 5.41) is 6.89. The van der Waals surface area contributed by atoms with Gasteiger partial charge in [0, 0.05) is 16.6 Å². The first kappa shape index (κ1) is 16.0. The number of amides is 1. The molecule has 0 bridgehead atoms. The smallest absolute Gasteiger partial charge is 0.234 e. The van der Waals surface area contributed by atoms with Gasteiger partial charge in [-0.3, -0.25) is 4.79 Å². The minimum Gasteiger partial charge on any atom is -0.350 e. The second-order valence-corrected chi connectivity index (χ2v) is 6.35. The molecule has 0 saturated heterocycles. The molecule has 0 aliphatic rings. The molecule has 0 aromatic heterocycles. The summed E-state index contributed by atoms with van der Waals surface area (Å²) in [7, 11) is 0. The van der Waals surface area contributed by atoms with Crippen LogP contribution in [0.2, 0.25) is 5.02 Å². The Kier molecular flexibility index (Phi) is 5.83. The van der Waals surface area contributed by atoms with Crippen molar-refractivity contribution in [1.29, 1.82) is 0 Å². The average Bonchev–Trinajstić information content (AvgIpc) is 2.27. The first-order valence-electron chi connectivity index (χ1n) is 6.55. The van der Waals surface area contributed by atoms with Crippen molar-refractivity contribution in [2.45, 2.75) is 45.7 Å². The Balaban J connectivity index is 2.33. The third-order valence-corrected chi connectivity index (χ3v) is 2.83. The van der Waals surface area contributed by atoms with E-state index in [2.05, 4.69) is 17.6 Å². The number of benzene rings is 1. The average molecular weight is 283 g/mol. The minimum atomic E-state index is -0.182. The summed E-state index contributed by atoms with van der Waals surface area (Å²) in [6.07, 6.45) is 0.875. The summed E-state index contributed by atoms with van der Waals surface area (Å²) >= 11 is 5.84. The second-order valence-electron chi connectivity index (χ2n) is 5.91. The van der Waals surface area contributed by atoms with Crippen LogP contribution < -0.4 is 10.6 Å². The topological polar surface area (TPSA) is 41.1 Å². The first-order chi connectivity index (χ1) is 8.76. The summed E-state index contributed by atoms with van der Waals surface area (Å²) in [6.45, 7) is 8.33. The Bertz CT molecular complexity index is 409. The highest BCUT2D eigenvalue weighted by Crippen LogP contribution is 2.10. The fourth-order valence-corrected chi connectivity index (χ4v) is 1.90. The number of carbonyl (C=O) groups is 1. The van der Waals surface area contributed by atoms with E-state index in [0.717, 1.165) is 11.4 Å². The van der Waals surface area contributed by atoms with Gasteiger partial charge >= 0.3 is 0 Å². The van der Waals surface area contributed by atoms with Gasteiger partial charge in [-0.15, -0.1) is 0 Å². The van der Waals surface area contributed by atoms with Crippen LogP contribution in [-0.2, 0) is 11.2 Å². The van der Waals surface area contributed by atoms with Crippen LogP contribution in [0, 0.1) is 0 Å². The number of rotatable bonds is 5. The summed E-state index contributed by atoms with van der Waals surface area (Å²) in [5.74, 6) is 0.0236. The molecular weight excluding hydrogens is 260 g/mol. The van der Waals surface area contributed by atoms with Crippen molar-refractivity contribution in [3.63, 3.8) is 0 Å². The number of carbonyl (C=O) groups excluding carboxylic acids is 1. The van der Waals surface area contributed by atoms with Gasteiger partial charge in [-0.1, -0.05) is 23.7 Å². The molecule has 0 saturated carbocycles. The Morgan fingerprint density at radius 2 is 1.84 bits per heavy atom. The van der Waals surface area contributed by atoms with Crippen LogP contribution in [0.15, 0.2) is 24.3 Å². The van der Waals surface area contributed by atoms with Crippen molar-refractivity contribution in [3.8, 4) is 0 Å². The molecule has 3 nitrogen and oxygen atoms in total. The zero-order valence-corrected chi connectivity index (χ0v) is 12.8. The third-order valence-electron chi connectivity index (χ3n) is 2.58. The van der Waals surface area contributed by atoms with Gasteiger partial charge in [-0.2, -0.15) is 0 Å². The molecule has 1 unspecified atom stereocenters. The number of nitrogens with one attached hydrogen (secondary N) is 2. The minimum absolute atomic E-state index is 0.0236. The van der Waals surface area contributed by atoms with E-state index in [0.29, 0.717) is 6.54 Å². The van der Waals surface area contributed by atoms with Gasteiger partial charge in [-0.05, 0) is 51.8 Å². The van der Waals surface area contributed by atoms with Crippen molar-refractivity contribution in [3.05, 3.63) is 34.9 Å². The highest BCUT2D eigenvalue weighted by Gasteiger charge is 2.14. The normalized spacial score (nSPS) is 13.1. The van der Waals surface area contributed by atoms with Crippen LogP contribution >= 0.6 is 11.6 Å². The van der Waals surface area contributed by atoms with Gasteiger partial charge < -0.3 is 10.6 Å². The van der Waals surface area contributed by atoms with Gasteiger partial charge in [0.25, 0.3) is 0 Å². The van der Waals surface area contributed by atoms with Crippen molar-refractivity contribution < 1.29 is 4.79 Å². The molecule has 0 fully saturated rings. The molecular formula is C15H23ClN2O. The van der Waals surface area contributed by atoms with Crippen molar-refractivity contribution in [2.24, 2.45) is 0 Å². The molecule has 1 aromatic carbocycles. The van der Waals surface area contributed by atoms with Gasteiger partial charge in [0.2, 0.25) is 5.91 Å². The monoisotopic (exact) mass is 282 g/mol. The van der Waals surface area contributed by atoms with Crippen molar-refractivity contribution in [2.75, 3.05) is 6.54 Å². The maximum atomic E-state index is 11.7. The zero-order valence-electron chi connectivity index (χ0n) is 12.1. The predicted molar refractivity (Wildman–Crippen MR) is 80.5 cm³/mol. The van der Waals surface area contributed by atoms with E-state index in [1.807, 2.05) is 45.0 Å². The van der Waals surface area contributed by atoms with Crippen molar-refractivity contribution in [1.82, 2.24) is 10.6 Å². The lowest BCUT2D eigenvalue weighted by Crippen LogP contribution is -2.46. The van der Waals surface area contributed by atoms with Gasteiger partial charge in [0.15, 0.2) is 0 Å². The molecule has 0 aliphatic carbocycles. The van der Waals surface area contributed by atoms with Crippen LogP contribution in [-0.4, -0.2) is 24.0 Å². The Morgan fingerprint density at radius 1 is 1.26 bits per heavy atom. The second kappa shape index (κ2) is 6.92. The van der Waals surface area contributed by atoms with E-state index in [1.165, 1.54) is 5.56 Å². The molecule has 1 aromatic rings. The maximum Gasteiger partial charge on any atom is 0.234 e. The van der Waals surface area contributed by atoms with Crippen LogP contribution in [0.5, 0.6) is 0 Å². The molecule has 1 atom stereocenters. The molecule has 0 aliphatic heterocycles. The standard InChI is InChI=1S/C15H23ClN2O/c1-11(9-12-5-7-13(16)8-6-12)17-10-14(19)18-15(2,3)4/h5-8,11,17H,9-10H2,1-4H3,(H,18,19). The van der Waals surface area contributed by atoms with Crippen LogP contribution in [0.4, 0.5) is 0 Å². The fraction of sp³-hybridized carbons (Fsp3) is 0.533. The van der Waals surface area contributed by atoms with E-state index >= 15 is 0 Å². The van der Waals surface area contributed by atoms with E-state index in [9.17, 15) is 4.79 Å². The molecule has 19 heavy (non-hydrogen) atoms. The van der Waals surface area contributed by atoms with Gasteiger partial charge in [0.1, 0.15) is 0 Å². The lowest BCUT2D eigenvalue weighted by atomic mass is 10.1. The largest absolute Gasteiger partial charge is 0.350 e. The third kappa shape index (κ3) is 7.19. The summed E-state index contributed by atoms with van der Waals surface area (Å²) in [6, 6.07) is 8.03. The number of hydrogen-bond acceptors (Lipinski definition) is 2. The number of hydrogen-bond donors (Lipinski definition) is 2. The quantitative estimate of drug-likeness (QED) is 0.872. The van der Waals surface area contributed by atoms with Crippen molar-refractivity contribution >= 4 is 17.5 Å². The molecule has 1 rings (SSSR count). The molecule has 1 amide bonds. The van der Waals surface area contributed by atoms with E-state index in [-0.39, 0.29) is 17.5 Å². The highest BCUT2D eigenvalue weighted by molar-refractivity contribution is 6.30. The Morgan fingerprint density at radius 3 is 2.37 bits per heavy atom. The molecule has 0 heterocycles. The maximum absolute atomic E-state index is 11.7. The highest BCUT2D eigenvalue weighted by atomic mass is 35.5. The molecule has 4 heteroatoms. The predicted octanol–water partition coefficient (Wildman–Crippen LogP) is 2.78. The van der Waals surface area contributed by atoms with Gasteiger partial charge in [0.05, 0.1) is 6.54 Å². The Hall–Kier alpha value is -1.06. The summed E-state index contributed by atoms with van der Waals surface area (Å²) < 4.78 is 0. The molecule has 2 N–H and O–H groups in total. The molecule has 0 radical (unpaired) electrons. The van der Waals surface area contributed by atoms with Gasteiger partial charge in [-0.25, -0.2) is 0 Å². The summed E-state index contributed by atoms with van der Waals surface area (Å²) in [4.78, 5) is 11.7.